The van der Waals surface area contributed by atoms with E-state index in [0.29, 0.717) is 23.2 Å². The average molecular weight is 371 g/mol. The summed E-state index contributed by atoms with van der Waals surface area (Å²) in [4.78, 5) is 0. The summed E-state index contributed by atoms with van der Waals surface area (Å²) in [6.45, 7) is 4.04. The summed E-state index contributed by atoms with van der Waals surface area (Å²) in [5, 5.41) is 7.52. The number of ether oxygens (including phenoxy) is 3. The SMILES string of the molecule is C=CCOc1ccc(/C=N\NC(=S)Nc2cccc(OC)c2)cc1OC. The number of anilines is 1. The molecule has 2 N–H and O–H groups in total. The van der Waals surface area contributed by atoms with Crippen molar-refractivity contribution in [1.29, 1.82) is 0 Å². The van der Waals surface area contributed by atoms with Gasteiger partial charge in [0.2, 0.25) is 0 Å². The molecule has 0 aliphatic carbocycles. The van der Waals surface area contributed by atoms with Crippen molar-refractivity contribution in [2.45, 2.75) is 0 Å². The fourth-order valence-corrected chi connectivity index (χ4v) is 2.23. The summed E-state index contributed by atoms with van der Waals surface area (Å²) in [6, 6.07) is 13.0. The predicted octanol–water partition coefficient (Wildman–Crippen LogP) is 3.59. The summed E-state index contributed by atoms with van der Waals surface area (Å²) in [7, 11) is 3.20. The number of hydrogen-bond donors (Lipinski definition) is 2. The minimum atomic E-state index is 0.368. The average Bonchev–Trinajstić information content (AvgIpc) is 2.66. The first-order valence-electron chi connectivity index (χ1n) is 7.82. The molecule has 2 aromatic carbocycles. The van der Waals surface area contributed by atoms with Crippen LogP contribution in [0.2, 0.25) is 0 Å². The molecule has 0 atom stereocenters. The highest BCUT2D eigenvalue weighted by atomic mass is 32.1. The van der Waals surface area contributed by atoms with Crippen LogP contribution in [-0.2, 0) is 0 Å². The summed E-state index contributed by atoms with van der Waals surface area (Å²) < 4.78 is 16.0. The number of benzene rings is 2. The van der Waals surface area contributed by atoms with E-state index in [1.165, 1.54) is 0 Å². The smallest absolute Gasteiger partial charge is 0.191 e. The number of hydrazone groups is 1. The minimum Gasteiger partial charge on any atom is -0.497 e. The second-order valence-corrected chi connectivity index (χ2v) is 5.47. The molecule has 0 fully saturated rings. The Morgan fingerprint density at radius 1 is 1.15 bits per heavy atom. The molecule has 0 spiro atoms. The highest BCUT2D eigenvalue weighted by molar-refractivity contribution is 7.80. The first-order chi connectivity index (χ1) is 12.7. The van der Waals surface area contributed by atoms with E-state index >= 15 is 0 Å². The standard InChI is InChI=1S/C19H21N3O3S/c1-4-10-25-17-9-8-14(11-18(17)24-3)13-20-22-19(26)21-15-6-5-7-16(12-15)23-2/h4-9,11-13H,1,10H2,2-3H3,(H2,21,22,26)/b20-13-. The molecule has 0 heterocycles. The van der Waals surface area contributed by atoms with Gasteiger partial charge in [0.1, 0.15) is 12.4 Å². The van der Waals surface area contributed by atoms with Crippen LogP contribution in [-0.4, -0.2) is 32.2 Å². The predicted molar refractivity (Wildman–Crippen MR) is 109 cm³/mol. The van der Waals surface area contributed by atoms with E-state index in [1.54, 1.807) is 26.5 Å². The van der Waals surface area contributed by atoms with Gasteiger partial charge in [0.15, 0.2) is 16.6 Å². The van der Waals surface area contributed by atoms with Crippen LogP contribution in [0, 0.1) is 0 Å². The number of thiocarbonyl (C=S) groups is 1. The molecule has 0 saturated carbocycles. The quantitative estimate of drug-likeness (QED) is 0.320. The molecule has 0 radical (unpaired) electrons. The summed E-state index contributed by atoms with van der Waals surface area (Å²) >= 11 is 5.22. The van der Waals surface area contributed by atoms with E-state index < -0.39 is 0 Å². The van der Waals surface area contributed by atoms with Gasteiger partial charge in [-0.3, -0.25) is 5.43 Å². The molecule has 0 unspecified atom stereocenters. The molecule has 0 bridgehead atoms. The Morgan fingerprint density at radius 3 is 2.73 bits per heavy atom. The van der Waals surface area contributed by atoms with Gasteiger partial charge in [0, 0.05) is 11.8 Å². The molecule has 0 aliphatic heterocycles. The van der Waals surface area contributed by atoms with Crippen molar-refractivity contribution in [3.8, 4) is 17.2 Å². The maximum atomic E-state index is 5.52. The van der Waals surface area contributed by atoms with Gasteiger partial charge in [-0.2, -0.15) is 5.10 Å². The maximum Gasteiger partial charge on any atom is 0.191 e. The monoisotopic (exact) mass is 371 g/mol. The molecule has 26 heavy (non-hydrogen) atoms. The Hall–Kier alpha value is -3.06. The molecule has 6 nitrogen and oxygen atoms in total. The van der Waals surface area contributed by atoms with Crippen molar-refractivity contribution >= 4 is 29.2 Å². The summed E-state index contributed by atoms with van der Waals surface area (Å²) in [5.74, 6) is 2.01. The van der Waals surface area contributed by atoms with Crippen LogP contribution in [0.4, 0.5) is 5.69 Å². The van der Waals surface area contributed by atoms with E-state index in [4.69, 9.17) is 26.4 Å². The van der Waals surface area contributed by atoms with Gasteiger partial charge >= 0.3 is 0 Å². The van der Waals surface area contributed by atoms with Crippen molar-refractivity contribution in [2.75, 3.05) is 26.1 Å². The largest absolute Gasteiger partial charge is 0.497 e. The van der Waals surface area contributed by atoms with Crippen molar-refractivity contribution in [2.24, 2.45) is 5.10 Å². The van der Waals surface area contributed by atoms with Gasteiger partial charge in [-0.15, -0.1) is 0 Å². The normalized spacial score (nSPS) is 10.2. The fraction of sp³-hybridized carbons (Fsp3) is 0.158. The Balaban J connectivity index is 1.94. The van der Waals surface area contributed by atoms with E-state index in [1.807, 2.05) is 42.5 Å². The van der Waals surface area contributed by atoms with Crippen LogP contribution < -0.4 is 25.0 Å². The van der Waals surface area contributed by atoms with Gasteiger partial charge in [-0.05, 0) is 48.1 Å². The van der Waals surface area contributed by atoms with Gasteiger partial charge in [0.25, 0.3) is 0 Å². The summed E-state index contributed by atoms with van der Waals surface area (Å²) in [5.41, 5.74) is 4.41. The molecule has 0 aromatic heterocycles. The Kier molecular flexibility index (Phi) is 7.45. The molecule has 0 aliphatic rings. The Labute approximate surface area is 158 Å². The number of nitrogens with one attached hydrogen (secondary N) is 2. The third kappa shape index (κ3) is 5.78. The molecule has 0 amide bonds. The lowest BCUT2D eigenvalue weighted by atomic mass is 10.2. The molecule has 2 aromatic rings. The van der Waals surface area contributed by atoms with Crippen LogP contribution >= 0.6 is 12.2 Å². The Morgan fingerprint density at radius 2 is 2.00 bits per heavy atom. The van der Waals surface area contributed by atoms with Gasteiger partial charge in [0.05, 0.1) is 20.4 Å². The second kappa shape index (κ2) is 10.0. The maximum absolute atomic E-state index is 5.52. The van der Waals surface area contributed by atoms with E-state index in [0.717, 1.165) is 17.0 Å². The number of nitrogens with zero attached hydrogens (tertiary/aromatic N) is 1. The molecule has 136 valence electrons. The minimum absolute atomic E-state index is 0.368. The first kappa shape index (κ1) is 19.3. The van der Waals surface area contributed by atoms with E-state index in [-0.39, 0.29) is 0 Å². The zero-order chi connectivity index (χ0) is 18.8. The zero-order valence-corrected chi connectivity index (χ0v) is 15.5. The number of methoxy groups -OCH3 is 2. The lowest BCUT2D eigenvalue weighted by molar-refractivity contribution is 0.326. The molecule has 2 rings (SSSR count). The van der Waals surface area contributed by atoms with Gasteiger partial charge in [-0.25, -0.2) is 0 Å². The number of rotatable bonds is 8. The highest BCUT2D eigenvalue weighted by Crippen LogP contribution is 2.27. The van der Waals surface area contributed by atoms with Crippen LogP contribution in [0.1, 0.15) is 5.56 Å². The third-order valence-corrected chi connectivity index (χ3v) is 3.45. The first-order valence-corrected chi connectivity index (χ1v) is 8.23. The second-order valence-electron chi connectivity index (χ2n) is 5.07. The fourth-order valence-electron chi connectivity index (χ4n) is 2.06. The van der Waals surface area contributed by atoms with Crippen LogP contribution in [0.15, 0.2) is 60.2 Å². The van der Waals surface area contributed by atoms with Crippen molar-refractivity contribution in [1.82, 2.24) is 5.43 Å². The third-order valence-electron chi connectivity index (χ3n) is 3.25. The molecular weight excluding hydrogens is 350 g/mol. The lowest BCUT2D eigenvalue weighted by Gasteiger charge is -2.10. The van der Waals surface area contributed by atoms with Crippen molar-refractivity contribution in [3.05, 3.63) is 60.7 Å². The Bertz CT molecular complexity index is 793. The molecule has 0 saturated heterocycles. The summed E-state index contributed by atoms with van der Waals surface area (Å²) in [6.07, 6.45) is 3.31. The van der Waals surface area contributed by atoms with E-state index in [9.17, 15) is 0 Å². The number of hydrogen-bond acceptors (Lipinski definition) is 5. The van der Waals surface area contributed by atoms with Gasteiger partial charge < -0.3 is 19.5 Å². The van der Waals surface area contributed by atoms with Crippen molar-refractivity contribution in [3.63, 3.8) is 0 Å². The molecular formula is C19H21N3O3S. The van der Waals surface area contributed by atoms with Crippen LogP contribution in [0.5, 0.6) is 17.2 Å². The van der Waals surface area contributed by atoms with E-state index in [2.05, 4.69) is 22.4 Å². The highest BCUT2D eigenvalue weighted by Gasteiger charge is 2.04. The lowest BCUT2D eigenvalue weighted by Crippen LogP contribution is -2.23. The van der Waals surface area contributed by atoms with Crippen molar-refractivity contribution < 1.29 is 14.2 Å². The van der Waals surface area contributed by atoms with Crippen LogP contribution in [0.3, 0.4) is 0 Å². The van der Waals surface area contributed by atoms with Crippen LogP contribution in [0.25, 0.3) is 0 Å². The van der Waals surface area contributed by atoms with Gasteiger partial charge in [-0.1, -0.05) is 18.7 Å². The topological polar surface area (TPSA) is 64.1 Å². The molecule has 7 heteroatoms. The zero-order valence-electron chi connectivity index (χ0n) is 14.7.